The van der Waals surface area contributed by atoms with Gasteiger partial charge in [-0.3, -0.25) is 4.79 Å². The molecule has 0 saturated carbocycles. The van der Waals surface area contributed by atoms with Gasteiger partial charge >= 0.3 is 5.97 Å². The number of carbonyl (C=O) groups excluding carboxylic acids is 1. The fraction of sp³-hybridized carbons (Fsp3) is 0.500. The molecule has 0 unspecified atom stereocenters. The van der Waals surface area contributed by atoms with E-state index in [4.69, 9.17) is 4.74 Å². The van der Waals surface area contributed by atoms with Crippen LogP contribution in [0.15, 0.2) is 12.0 Å². The van der Waals surface area contributed by atoms with Crippen LogP contribution in [0.25, 0.3) is 0 Å². The van der Waals surface area contributed by atoms with Gasteiger partial charge in [0.25, 0.3) is 5.95 Å². The topological polar surface area (TPSA) is 35.5 Å². The number of esters is 1. The van der Waals surface area contributed by atoms with Crippen molar-refractivity contribution < 1.29 is 14.3 Å². The lowest BCUT2D eigenvalue weighted by atomic mass is 10.5. The Morgan fingerprint density at radius 1 is 1.89 bits per heavy atom. The second-order valence-electron chi connectivity index (χ2n) is 1.63. The summed E-state index contributed by atoms with van der Waals surface area (Å²) in [6.07, 6.45) is 1.97. The average molecular weight is 128 g/mol. The third-order valence-electron chi connectivity index (χ3n) is 0.936. The van der Waals surface area contributed by atoms with Crippen LogP contribution in [0.2, 0.25) is 0 Å². The van der Waals surface area contributed by atoms with Crippen LogP contribution in [0.5, 0.6) is 0 Å². The predicted octanol–water partition coefficient (Wildman–Crippen LogP) is 0.811. The number of carbonyl (C=O) groups is 1. The van der Waals surface area contributed by atoms with Gasteiger partial charge in [0.2, 0.25) is 0 Å². The molecular formula is C6H8O3. The highest BCUT2D eigenvalue weighted by molar-refractivity contribution is 5.74. The quantitative estimate of drug-likeness (QED) is 0.516. The van der Waals surface area contributed by atoms with Crippen molar-refractivity contribution in [1.82, 2.24) is 0 Å². The first kappa shape index (κ1) is 6.13. The summed E-state index contributed by atoms with van der Waals surface area (Å²) < 4.78 is 9.49. The number of hydrogen-bond donors (Lipinski definition) is 0. The van der Waals surface area contributed by atoms with Crippen LogP contribution in [0.1, 0.15) is 13.3 Å². The second-order valence-corrected chi connectivity index (χ2v) is 1.63. The van der Waals surface area contributed by atoms with E-state index in [0.29, 0.717) is 19.0 Å². The first-order valence-corrected chi connectivity index (χ1v) is 2.86. The fourth-order valence-corrected chi connectivity index (χ4v) is 0.593. The summed E-state index contributed by atoms with van der Waals surface area (Å²) in [7, 11) is 0. The zero-order valence-corrected chi connectivity index (χ0v) is 5.22. The monoisotopic (exact) mass is 128 g/mol. The van der Waals surface area contributed by atoms with Crippen LogP contribution in [0.3, 0.4) is 0 Å². The molecule has 0 aromatic rings. The van der Waals surface area contributed by atoms with Crippen LogP contribution in [-0.4, -0.2) is 12.6 Å². The Morgan fingerprint density at radius 2 is 2.67 bits per heavy atom. The molecule has 50 valence electrons. The molecule has 0 fully saturated rings. The lowest BCUT2D eigenvalue weighted by Gasteiger charge is -1.99. The van der Waals surface area contributed by atoms with E-state index in [0.717, 1.165) is 0 Å². The normalized spacial score (nSPS) is 17.0. The lowest BCUT2D eigenvalue weighted by Crippen LogP contribution is -1.96. The molecule has 0 bridgehead atoms. The highest BCUT2D eigenvalue weighted by Gasteiger charge is 2.13. The zero-order valence-electron chi connectivity index (χ0n) is 5.22. The molecule has 0 aromatic carbocycles. The second kappa shape index (κ2) is 2.53. The number of hydrogen-bond acceptors (Lipinski definition) is 3. The molecule has 1 aliphatic rings. The Morgan fingerprint density at radius 3 is 3.11 bits per heavy atom. The van der Waals surface area contributed by atoms with Crippen molar-refractivity contribution in [3.63, 3.8) is 0 Å². The van der Waals surface area contributed by atoms with E-state index in [2.05, 4.69) is 4.74 Å². The molecule has 3 nitrogen and oxygen atoms in total. The molecule has 0 aromatic heterocycles. The van der Waals surface area contributed by atoms with Crippen LogP contribution >= 0.6 is 0 Å². The first-order valence-electron chi connectivity index (χ1n) is 2.86. The maximum Gasteiger partial charge on any atom is 0.317 e. The van der Waals surface area contributed by atoms with E-state index in [1.807, 2.05) is 6.92 Å². The van der Waals surface area contributed by atoms with Gasteiger partial charge in [-0.05, 0) is 6.92 Å². The highest BCUT2D eigenvalue weighted by atomic mass is 16.7. The highest BCUT2D eigenvalue weighted by Crippen LogP contribution is 2.10. The van der Waals surface area contributed by atoms with Crippen molar-refractivity contribution >= 4 is 5.97 Å². The fourth-order valence-electron chi connectivity index (χ4n) is 0.593. The van der Waals surface area contributed by atoms with E-state index in [1.54, 1.807) is 6.08 Å². The van der Waals surface area contributed by atoms with Gasteiger partial charge in [0, 0.05) is 6.08 Å². The Balaban J connectivity index is 2.36. The van der Waals surface area contributed by atoms with Gasteiger partial charge in [-0.25, -0.2) is 0 Å². The van der Waals surface area contributed by atoms with Crippen LogP contribution in [-0.2, 0) is 14.3 Å². The van der Waals surface area contributed by atoms with E-state index in [-0.39, 0.29) is 5.97 Å². The summed E-state index contributed by atoms with van der Waals surface area (Å²) in [6.45, 7) is 2.38. The van der Waals surface area contributed by atoms with Crippen molar-refractivity contribution in [1.29, 1.82) is 0 Å². The molecule has 0 amide bonds. The smallest absolute Gasteiger partial charge is 0.317 e. The minimum atomic E-state index is -0.238. The third kappa shape index (κ3) is 1.45. The number of ether oxygens (including phenoxy) is 2. The SMILES string of the molecule is CCOC1=CCC(=O)O1. The summed E-state index contributed by atoms with van der Waals surface area (Å²) in [6, 6.07) is 0. The predicted molar refractivity (Wildman–Crippen MR) is 30.4 cm³/mol. The van der Waals surface area contributed by atoms with Gasteiger partial charge in [0.05, 0.1) is 13.0 Å². The van der Waals surface area contributed by atoms with Gasteiger partial charge < -0.3 is 9.47 Å². The van der Waals surface area contributed by atoms with Gasteiger partial charge in [0.1, 0.15) is 0 Å². The minimum absolute atomic E-state index is 0.238. The standard InChI is InChI=1S/C6H8O3/c1-2-8-6-4-3-5(7)9-6/h4H,2-3H2,1H3. The first-order chi connectivity index (χ1) is 4.33. The van der Waals surface area contributed by atoms with Crippen molar-refractivity contribution in [2.45, 2.75) is 13.3 Å². The summed E-state index contributed by atoms with van der Waals surface area (Å²) >= 11 is 0. The third-order valence-corrected chi connectivity index (χ3v) is 0.936. The summed E-state index contributed by atoms with van der Waals surface area (Å²) in [5.74, 6) is 0.112. The Kier molecular flexibility index (Phi) is 1.72. The Hall–Kier alpha value is -0.990. The molecule has 0 saturated heterocycles. The maximum atomic E-state index is 10.4. The van der Waals surface area contributed by atoms with Crippen LogP contribution in [0, 0.1) is 0 Å². The summed E-state index contributed by atoms with van der Waals surface area (Å²) in [5.41, 5.74) is 0. The van der Waals surface area contributed by atoms with E-state index < -0.39 is 0 Å². The molecule has 0 spiro atoms. The molecule has 0 aliphatic carbocycles. The molecule has 0 radical (unpaired) electrons. The van der Waals surface area contributed by atoms with Crippen LogP contribution in [0.4, 0.5) is 0 Å². The summed E-state index contributed by atoms with van der Waals surface area (Å²) in [4.78, 5) is 10.4. The lowest BCUT2D eigenvalue weighted by molar-refractivity contribution is -0.140. The largest absolute Gasteiger partial charge is 0.466 e. The van der Waals surface area contributed by atoms with Gasteiger partial charge in [-0.1, -0.05) is 0 Å². The molecule has 1 heterocycles. The molecule has 9 heavy (non-hydrogen) atoms. The molecule has 0 N–H and O–H groups in total. The van der Waals surface area contributed by atoms with E-state index >= 15 is 0 Å². The van der Waals surface area contributed by atoms with Crippen molar-refractivity contribution in [3.05, 3.63) is 12.0 Å². The number of cyclic esters (lactones) is 1. The zero-order chi connectivity index (χ0) is 6.69. The molecule has 1 rings (SSSR count). The Bertz CT molecular complexity index is 148. The van der Waals surface area contributed by atoms with Crippen LogP contribution < -0.4 is 0 Å². The van der Waals surface area contributed by atoms with Crippen molar-refractivity contribution in [2.24, 2.45) is 0 Å². The van der Waals surface area contributed by atoms with Crippen molar-refractivity contribution in [2.75, 3.05) is 6.61 Å². The van der Waals surface area contributed by atoms with Gasteiger partial charge in [-0.2, -0.15) is 0 Å². The summed E-state index contributed by atoms with van der Waals surface area (Å²) in [5, 5.41) is 0. The van der Waals surface area contributed by atoms with Gasteiger partial charge in [0.15, 0.2) is 0 Å². The maximum absolute atomic E-state index is 10.4. The van der Waals surface area contributed by atoms with E-state index in [9.17, 15) is 4.79 Å². The van der Waals surface area contributed by atoms with Gasteiger partial charge in [-0.15, -0.1) is 0 Å². The number of rotatable bonds is 2. The molecular weight excluding hydrogens is 120 g/mol. The molecule has 0 atom stereocenters. The van der Waals surface area contributed by atoms with E-state index in [1.165, 1.54) is 0 Å². The minimum Gasteiger partial charge on any atom is -0.466 e. The van der Waals surface area contributed by atoms with Crippen molar-refractivity contribution in [3.8, 4) is 0 Å². The average Bonchev–Trinajstić information content (AvgIpc) is 2.17. The molecule has 3 heteroatoms. The Labute approximate surface area is 53.3 Å². The molecule has 1 aliphatic heterocycles.